The van der Waals surface area contributed by atoms with Crippen LogP contribution in [0.3, 0.4) is 0 Å². The van der Waals surface area contributed by atoms with Crippen molar-refractivity contribution in [3.8, 4) is 17.2 Å². The fourth-order valence-electron chi connectivity index (χ4n) is 2.32. The van der Waals surface area contributed by atoms with E-state index in [1.807, 2.05) is 42.7 Å². The number of aliphatic hydroxyl groups is 1. The van der Waals surface area contributed by atoms with Gasteiger partial charge in [0, 0.05) is 23.6 Å². The summed E-state index contributed by atoms with van der Waals surface area (Å²) in [6, 6.07) is 12.2. The van der Waals surface area contributed by atoms with Gasteiger partial charge in [0.2, 0.25) is 0 Å². The molecule has 0 heterocycles. The zero-order valence-corrected chi connectivity index (χ0v) is 19.2. The average Bonchev–Trinajstić information content (AvgIpc) is 2.73. The molecule has 166 valence electrons. The number of thiol groups is 1. The van der Waals surface area contributed by atoms with Crippen LogP contribution in [-0.2, 0) is 0 Å². The molecule has 1 amide bonds. The van der Waals surface area contributed by atoms with Gasteiger partial charge in [-0.3, -0.25) is 9.10 Å². The molecule has 0 spiro atoms. The van der Waals surface area contributed by atoms with Gasteiger partial charge in [0.05, 0.1) is 6.61 Å². The van der Waals surface area contributed by atoms with Crippen molar-refractivity contribution in [2.24, 2.45) is 10.7 Å². The third kappa shape index (κ3) is 8.54. The van der Waals surface area contributed by atoms with Crippen molar-refractivity contribution in [1.29, 1.82) is 0 Å². The maximum absolute atomic E-state index is 12.6. The van der Waals surface area contributed by atoms with Crippen LogP contribution < -0.4 is 20.5 Å². The predicted molar refractivity (Wildman–Crippen MR) is 127 cm³/mol. The van der Waals surface area contributed by atoms with E-state index in [0.29, 0.717) is 17.2 Å². The summed E-state index contributed by atoms with van der Waals surface area (Å²) < 4.78 is 13.4. The number of nitrogens with two attached hydrogens (primary N) is 1. The minimum Gasteiger partial charge on any atom is -0.477 e. The number of carbonyl (C=O) groups excluding carboxylic acids is 1. The van der Waals surface area contributed by atoms with E-state index >= 15 is 0 Å². The van der Waals surface area contributed by atoms with E-state index < -0.39 is 11.3 Å². The Labute approximate surface area is 191 Å². The highest BCUT2D eigenvalue weighted by molar-refractivity contribution is 7.97. The molecule has 2 aromatic rings. The Bertz CT molecular complexity index is 933. The number of aliphatic hydroxyl groups excluding tert-OH is 1. The molecule has 31 heavy (non-hydrogen) atoms. The molecule has 0 aliphatic heterocycles. The molecule has 0 aliphatic rings. The maximum Gasteiger partial charge on any atom is 0.279 e. The number of hydrogen-bond acceptors (Lipinski definition) is 8. The van der Waals surface area contributed by atoms with E-state index in [1.54, 1.807) is 37.3 Å². The second kappa shape index (κ2) is 12.3. The van der Waals surface area contributed by atoms with Gasteiger partial charge in [-0.2, -0.15) is 4.99 Å². The lowest BCUT2D eigenvalue weighted by Gasteiger charge is -2.14. The molecule has 0 radical (unpaired) electrons. The summed E-state index contributed by atoms with van der Waals surface area (Å²) in [6.45, 7) is -0.303. The van der Waals surface area contributed by atoms with Crippen LogP contribution in [0.25, 0.3) is 0 Å². The Hall–Kier alpha value is -2.66. The summed E-state index contributed by atoms with van der Waals surface area (Å²) in [6.07, 6.45) is 3.03. The Morgan fingerprint density at radius 1 is 1.26 bits per heavy atom. The van der Waals surface area contributed by atoms with Crippen LogP contribution in [-0.4, -0.2) is 54.3 Å². The van der Waals surface area contributed by atoms with Gasteiger partial charge in [0.1, 0.15) is 23.1 Å². The quantitative estimate of drug-likeness (QED) is 0.140. The molecule has 4 N–H and O–H groups in total. The zero-order valence-electron chi connectivity index (χ0n) is 17.5. The van der Waals surface area contributed by atoms with Gasteiger partial charge in [-0.1, -0.05) is 0 Å². The molecule has 10 heteroatoms. The minimum absolute atomic E-state index is 0.0459. The van der Waals surface area contributed by atoms with Gasteiger partial charge >= 0.3 is 0 Å². The molecular formula is C21H26N4O4S2. The van der Waals surface area contributed by atoms with Crippen molar-refractivity contribution in [1.82, 2.24) is 9.62 Å². The summed E-state index contributed by atoms with van der Waals surface area (Å²) in [5.41, 5.74) is 5.20. The number of hydrogen-bond donors (Lipinski definition) is 4. The third-order valence-electron chi connectivity index (χ3n) is 3.55. The molecule has 0 saturated heterocycles. The standard InChI is InChI=1S/C21H26N4O4S2/c1-23-9-8-19(22)24-21(27)14-10-16(12-17(11-14)29-20(30)13-26)28-15-4-6-18(7-5-15)31-25(2)3/h4-12,20,23,26,30H,13H2,1-3H3,(H2,22,24,27)/b9-8-. The van der Waals surface area contributed by atoms with Gasteiger partial charge in [-0.15, -0.1) is 12.6 Å². The second-order valence-corrected chi connectivity index (χ2v) is 8.35. The van der Waals surface area contributed by atoms with Crippen molar-refractivity contribution in [2.45, 2.75) is 10.3 Å². The highest BCUT2D eigenvalue weighted by atomic mass is 32.2. The Morgan fingerprint density at radius 2 is 1.94 bits per heavy atom. The summed E-state index contributed by atoms with van der Waals surface area (Å²) >= 11 is 5.71. The van der Waals surface area contributed by atoms with Gasteiger partial charge in [0.25, 0.3) is 5.91 Å². The van der Waals surface area contributed by atoms with Crippen LogP contribution in [0.2, 0.25) is 0 Å². The van der Waals surface area contributed by atoms with Crippen LogP contribution >= 0.6 is 24.6 Å². The Morgan fingerprint density at radius 3 is 2.55 bits per heavy atom. The number of amides is 1. The molecule has 2 aromatic carbocycles. The number of benzene rings is 2. The van der Waals surface area contributed by atoms with Crippen molar-refractivity contribution in [3.63, 3.8) is 0 Å². The fraction of sp³-hybridized carbons (Fsp3) is 0.238. The third-order valence-corrected chi connectivity index (χ3v) is 4.67. The first-order valence-electron chi connectivity index (χ1n) is 9.27. The molecule has 0 saturated carbocycles. The van der Waals surface area contributed by atoms with Gasteiger partial charge in [-0.05, 0) is 74.7 Å². The molecular weight excluding hydrogens is 436 g/mol. The van der Waals surface area contributed by atoms with Crippen molar-refractivity contribution in [3.05, 3.63) is 60.3 Å². The predicted octanol–water partition coefficient (Wildman–Crippen LogP) is 2.91. The number of amidine groups is 1. The van der Waals surface area contributed by atoms with E-state index in [2.05, 4.69) is 22.9 Å². The van der Waals surface area contributed by atoms with Crippen molar-refractivity contribution in [2.75, 3.05) is 27.7 Å². The summed E-state index contributed by atoms with van der Waals surface area (Å²) in [5, 5.41) is 12.0. The lowest BCUT2D eigenvalue weighted by atomic mass is 10.2. The highest BCUT2D eigenvalue weighted by Crippen LogP contribution is 2.30. The second-order valence-electron chi connectivity index (χ2n) is 6.39. The number of nitrogens with zero attached hydrogens (tertiary/aromatic N) is 2. The first kappa shape index (κ1) is 24.6. The van der Waals surface area contributed by atoms with Crippen LogP contribution in [0.15, 0.2) is 64.6 Å². The van der Waals surface area contributed by atoms with Crippen LogP contribution in [0.5, 0.6) is 17.2 Å². The van der Waals surface area contributed by atoms with Gasteiger partial charge in [0.15, 0.2) is 5.44 Å². The lowest BCUT2D eigenvalue weighted by molar-refractivity contribution is 0.100. The molecule has 1 unspecified atom stereocenters. The number of nitrogens with one attached hydrogen (secondary N) is 1. The van der Waals surface area contributed by atoms with E-state index in [0.717, 1.165) is 4.90 Å². The van der Waals surface area contributed by atoms with Crippen LogP contribution in [0, 0.1) is 0 Å². The molecule has 0 bridgehead atoms. The van der Waals surface area contributed by atoms with Gasteiger partial charge in [-0.25, -0.2) is 0 Å². The smallest absolute Gasteiger partial charge is 0.279 e. The number of carbonyl (C=O) groups is 1. The molecule has 0 aromatic heterocycles. The topological polar surface area (TPSA) is 109 Å². The monoisotopic (exact) mass is 462 g/mol. The molecule has 1 atom stereocenters. The Kier molecular flexibility index (Phi) is 9.73. The van der Waals surface area contributed by atoms with E-state index in [4.69, 9.17) is 15.2 Å². The van der Waals surface area contributed by atoms with E-state index in [-0.39, 0.29) is 18.0 Å². The molecule has 8 nitrogen and oxygen atoms in total. The average molecular weight is 463 g/mol. The van der Waals surface area contributed by atoms with Crippen LogP contribution in [0.4, 0.5) is 0 Å². The first-order valence-corrected chi connectivity index (χ1v) is 10.6. The fourth-order valence-corrected chi connectivity index (χ4v) is 3.12. The molecule has 2 rings (SSSR count). The number of aliphatic imine (C=N–C) groups is 1. The normalized spacial score (nSPS) is 12.8. The van der Waals surface area contributed by atoms with Gasteiger partial charge < -0.3 is 25.6 Å². The van der Waals surface area contributed by atoms with Crippen molar-refractivity contribution >= 4 is 36.3 Å². The maximum atomic E-state index is 12.6. The SMILES string of the molecule is CN/C=C\C(N)=NC(=O)c1cc(Oc2ccc(SN(C)C)cc2)cc(OC(S)CO)c1. The zero-order chi connectivity index (χ0) is 22.8. The van der Waals surface area contributed by atoms with Crippen LogP contribution in [0.1, 0.15) is 10.4 Å². The largest absolute Gasteiger partial charge is 0.477 e. The first-order chi connectivity index (χ1) is 14.8. The lowest BCUT2D eigenvalue weighted by Crippen LogP contribution is -2.14. The molecule has 0 aliphatic carbocycles. The van der Waals surface area contributed by atoms with Crippen molar-refractivity contribution < 1.29 is 19.4 Å². The summed E-state index contributed by atoms with van der Waals surface area (Å²) in [7, 11) is 5.63. The summed E-state index contributed by atoms with van der Waals surface area (Å²) in [4.78, 5) is 17.5. The minimum atomic E-state index is -0.757. The number of rotatable bonds is 10. The number of ether oxygens (including phenoxy) is 2. The van der Waals surface area contributed by atoms with E-state index in [9.17, 15) is 9.90 Å². The van der Waals surface area contributed by atoms with E-state index in [1.165, 1.54) is 12.1 Å². The highest BCUT2D eigenvalue weighted by Gasteiger charge is 2.13. The molecule has 0 fully saturated rings. The Balaban J connectivity index is 2.30. The summed E-state index contributed by atoms with van der Waals surface area (Å²) in [5.74, 6) is 0.736.